The summed E-state index contributed by atoms with van der Waals surface area (Å²) in [6.07, 6.45) is 1.79. The van der Waals surface area contributed by atoms with Crippen LogP contribution in [0.4, 0.5) is 5.13 Å². The van der Waals surface area contributed by atoms with E-state index in [0.29, 0.717) is 14.4 Å². The van der Waals surface area contributed by atoms with Crippen LogP contribution in [0.1, 0.15) is 11.1 Å². The van der Waals surface area contributed by atoms with Crippen LogP contribution in [-0.2, 0) is 9.59 Å². The van der Waals surface area contributed by atoms with E-state index in [1.54, 1.807) is 13.2 Å². The summed E-state index contributed by atoms with van der Waals surface area (Å²) in [5.74, 6) is 0.102. The molecule has 3 aromatic rings. The number of amides is 2. The van der Waals surface area contributed by atoms with Crippen LogP contribution in [0.15, 0.2) is 47.4 Å². The van der Waals surface area contributed by atoms with Crippen LogP contribution >= 0.6 is 35.3 Å². The maximum absolute atomic E-state index is 12.7. The Kier molecular flexibility index (Phi) is 5.85. The molecule has 2 heterocycles. The molecule has 152 valence electrons. The quantitative estimate of drug-likeness (QED) is 0.453. The van der Waals surface area contributed by atoms with Crippen molar-refractivity contribution in [1.82, 2.24) is 9.88 Å². The van der Waals surface area contributed by atoms with E-state index in [0.717, 1.165) is 27.1 Å². The van der Waals surface area contributed by atoms with Crippen LogP contribution in [0, 0.1) is 6.92 Å². The number of fused-ring (bicyclic) bond motifs is 1. The largest absolute Gasteiger partial charge is 0.497 e. The van der Waals surface area contributed by atoms with Gasteiger partial charge in [0.1, 0.15) is 16.6 Å². The highest BCUT2D eigenvalue weighted by atomic mass is 32.2. The van der Waals surface area contributed by atoms with Crippen LogP contribution in [0.2, 0.25) is 0 Å². The Bertz CT molecular complexity index is 1190. The first-order valence-electron chi connectivity index (χ1n) is 8.99. The highest BCUT2D eigenvalue weighted by Crippen LogP contribution is 2.33. The monoisotopic (exact) mass is 455 g/mol. The smallest absolute Gasteiger partial charge is 0.266 e. The van der Waals surface area contributed by atoms with Gasteiger partial charge in [-0.1, -0.05) is 65.1 Å². The predicted octanol–water partition coefficient (Wildman–Crippen LogP) is 4.45. The lowest BCUT2D eigenvalue weighted by Crippen LogP contribution is -2.36. The normalized spacial score (nSPS) is 15.3. The van der Waals surface area contributed by atoms with Gasteiger partial charge in [-0.25, -0.2) is 4.98 Å². The van der Waals surface area contributed by atoms with Gasteiger partial charge >= 0.3 is 0 Å². The molecule has 9 heteroatoms. The number of aromatic nitrogens is 1. The van der Waals surface area contributed by atoms with E-state index in [1.807, 2.05) is 49.4 Å². The highest BCUT2D eigenvalue weighted by molar-refractivity contribution is 8.26. The summed E-state index contributed by atoms with van der Waals surface area (Å²) in [6.45, 7) is 1.85. The van der Waals surface area contributed by atoms with Crippen LogP contribution in [-0.4, -0.2) is 39.7 Å². The molecular formula is C21H17N3O3S3. The third-order valence-corrected chi connectivity index (χ3v) is 6.70. The van der Waals surface area contributed by atoms with Crippen molar-refractivity contribution in [3.05, 3.63) is 58.5 Å². The fourth-order valence-electron chi connectivity index (χ4n) is 2.84. The molecule has 0 saturated carbocycles. The number of methoxy groups -OCH3 is 1. The molecule has 2 aromatic carbocycles. The number of rotatable bonds is 5. The van der Waals surface area contributed by atoms with E-state index >= 15 is 0 Å². The molecule has 0 spiro atoms. The van der Waals surface area contributed by atoms with Crippen LogP contribution in [0.25, 0.3) is 16.3 Å². The van der Waals surface area contributed by atoms with Gasteiger partial charge in [0.15, 0.2) is 5.13 Å². The average molecular weight is 456 g/mol. The number of aryl methyl sites for hydroxylation is 1. The SMILES string of the molecule is COc1ccc2nc(NC(=O)CN3C(=O)/C(=C/c4ccc(C)cc4)SC3=S)sc2c1. The second kappa shape index (κ2) is 8.55. The van der Waals surface area contributed by atoms with Gasteiger partial charge < -0.3 is 10.1 Å². The molecule has 2 amide bonds. The van der Waals surface area contributed by atoms with Crippen molar-refractivity contribution < 1.29 is 14.3 Å². The molecule has 1 saturated heterocycles. The molecule has 0 unspecified atom stereocenters. The summed E-state index contributed by atoms with van der Waals surface area (Å²) in [7, 11) is 1.60. The molecular weight excluding hydrogens is 438 g/mol. The van der Waals surface area contributed by atoms with Gasteiger partial charge in [0.05, 0.1) is 22.2 Å². The summed E-state index contributed by atoms with van der Waals surface area (Å²) < 4.78 is 6.47. The minimum absolute atomic E-state index is 0.158. The number of hydrogen-bond acceptors (Lipinski definition) is 7. The van der Waals surface area contributed by atoms with Crippen LogP contribution < -0.4 is 10.1 Å². The second-order valence-corrected chi connectivity index (χ2v) is 9.29. The number of ether oxygens (including phenoxy) is 1. The number of nitrogens with one attached hydrogen (secondary N) is 1. The van der Waals surface area contributed by atoms with E-state index < -0.39 is 0 Å². The average Bonchev–Trinajstić information content (AvgIpc) is 3.24. The van der Waals surface area contributed by atoms with E-state index in [4.69, 9.17) is 17.0 Å². The van der Waals surface area contributed by atoms with Crippen molar-refractivity contribution in [2.24, 2.45) is 0 Å². The molecule has 1 fully saturated rings. The topological polar surface area (TPSA) is 71.5 Å². The van der Waals surface area contributed by atoms with Crippen molar-refractivity contribution in [3.8, 4) is 5.75 Å². The number of hydrogen-bond donors (Lipinski definition) is 1. The van der Waals surface area contributed by atoms with Gasteiger partial charge in [0.25, 0.3) is 5.91 Å². The van der Waals surface area contributed by atoms with Gasteiger partial charge in [-0.05, 0) is 36.8 Å². The van der Waals surface area contributed by atoms with Crippen molar-refractivity contribution in [1.29, 1.82) is 0 Å². The molecule has 0 atom stereocenters. The van der Waals surface area contributed by atoms with Gasteiger partial charge in [-0.3, -0.25) is 14.5 Å². The van der Waals surface area contributed by atoms with Crippen LogP contribution in [0.5, 0.6) is 5.75 Å². The van der Waals surface area contributed by atoms with Crippen molar-refractivity contribution >= 4 is 72.9 Å². The number of thioether (sulfide) groups is 1. The number of carbonyl (C=O) groups is 2. The molecule has 1 aliphatic heterocycles. The summed E-state index contributed by atoms with van der Waals surface area (Å²) in [4.78, 5) is 31.5. The van der Waals surface area contributed by atoms with E-state index in [2.05, 4.69) is 10.3 Å². The minimum Gasteiger partial charge on any atom is -0.497 e. The first kappa shape index (κ1) is 20.5. The third-order valence-electron chi connectivity index (χ3n) is 4.39. The first-order chi connectivity index (χ1) is 14.4. The fourth-order valence-corrected chi connectivity index (χ4v) is 5.00. The second-order valence-electron chi connectivity index (χ2n) is 6.58. The van der Waals surface area contributed by atoms with Gasteiger partial charge in [0, 0.05) is 0 Å². The maximum Gasteiger partial charge on any atom is 0.266 e. The number of thiazole rings is 1. The Morgan fingerprint density at radius 2 is 2.03 bits per heavy atom. The molecule has 0 radical (unpaired) electrons. The van der Waals surface area contributed by atoms with E-state index in [1.165, 1.54) is 28.0 Å². The summed E-state index contributed by atoms with van der Waals surface area (Å²) in [5, 5.41) is 3.21. The van der Waals surface area contributed by atoms with Gasteiger partial charge in [-0.15, -0.1) is 0 Å². The van der Waals surface area contributed by atoms with Gasteiger partial charge in [0.2, 0.25) is 5.91 Å². The lowest BCUT2D eigenvalue weighted by atomic mass is 10.1. The Hall–Kier alpha value is -2.75. The highest BCUT2D eigenvalue weighted by Gasteiger charge is 2.33. The molecule has 30 heavy (non-hydrogen) atoms. The maximum atomic E-state index is 12.7. The first-order valence-corrected chi connectivity index (χ1v) is 11.0. The van der Waals surface area contributed by atoms with Crippen LogP contribution in [0.3, 0.4) is 0 Å². The molecule has 6 nitrogen and oxygen atoms in total. The Labute approximate surface area is 186 Å². The summed E-state index contributed by atoms with van der Waals surface area (Å²) in [5.41, 5.74) is 2.82. The number of benzene rings is 2. The molecule has 1 N–H and O–H groups in total. The summed E-state index contributed by atoms with van der Waals surface area (Å²) >= 11 is 7.86. The molecule has 1 aromatic heterocycles. The standard InChI is InChI=1S/C21H17N3O3S3/c1-12-3-5-13(6-4-12)9-17-19(26)24(21(28)30-17)11-18(25)23-20-22-15-8-7-14(27-2)10-16(15)29-20/h3-10H,11H2,1-2H3,(H,22,23,25)/b17-9-. The lowest BCUT2D eigenvalue weighted by molar-refractivity contribution is -0.126. The Balaban J connectivity index is 1.44. The molecule has 0 aliphatic carbocycles. The van der Waals surface area contributed by atoms with Crippen molar-refractivity contribution in [2.45, 2.75) is 6.92 Å². The molecule has 1 aliphatic rings. The minimum atomic E-state index is -0.353. The number of anilines is 1. The Morgan fingerprint density at radius 1 is 1.27 bits per heavy atom. The van der Waals surface area contributed by atoms with Crippen molar-refractivity contribution in [2.75, 3.05) is 19.0 Å². The predicted molar refractivity (Wildman–Crippen MR) is 126 cm³/mol. The number of carbonyl (C=O) groups excluding carboxylic acids is 2. The number of nitrogens with zero attached hydrogens (tertiary/aromatic N) is 2. The fraction of sp³-hybridized carbons (Fsp3) is 0.143. The number of thiocarbonyl (C=S) groups is 1. The summed E-state index contributed by atoms with van der Waals surface area (Å²) in [6, 6.07) is 13.3. The van der Waals surface area contributed by atoms with Gasteiger partial charge in [-0.2, -0.15) is 0 Å². The zero-order valence-electron chi connectivity index (χ0n) is 16.2. The third kappa shape index (κ3) is 4.38. The van der Waals surface area contributed by atoms with Crippen molar-refractivity contribution in [3.63, 3.8) is 0 Å². The lowest BCUT2D eigenvalue weighted by Gasteiger charge is -2.13. The van der Waals surface area contributed by atoms with E-state index in [9.17, 15) is 9.59 Å². The van der Waals surface area contributed by atoms with E-state index in [-0.39, 0.29) is 18.4 Å². The zero-order valence-corrected chi connectivity index (χ0v) is 18.6. The molecule has 4 rings (SSSR count). The Morgan fingerprint density at radius 3 is 2.77 bits per heavy atom. The zero-order chi connectivity index (χ0) is 21.3. The molecule has 0 bridgehead atoms.